The number of fused-ring (bicyclic) bond motifs is 1. The second kappa shape index (κ2) is 6.94. The van der Waals surface area contributed by atoms with E-state index < -0.39 is 11.9 Å². The van der Waals surface area contributed by atoms with Gasteiger partial charge in [0.15, 0.2) is 0 Å². The van der Waals surface area contributed by atoms with Gasteiger partial charge in [-0.15, -0.1) is 11.3 Å². The Bertz CT molecular complexity index is 1090. The molecular weight excluding hydrogens is 397 g/mol. The van der Waals surface area contributed by atoms with Crippen LogP contribution >= 0.6 is 22.9 Å². The molecule has 0 aromatic carbocycles. The van der Waals surface area contributed by atoms with Crippen LogP contribution in [0.5, 0.6) is 0 Å². The van der Waals surface area contributed by atoms with Crippen LogP contribution in [0.1, 0.15) is 26.7 Å². The smallest absolute Gasteiger partial charge is 0.346 e. The fourth-order valence-corrected chi connectivity index (χ4v) is 3.70. The maximum absolute atomic E-state index is 12.6. The third kappa shape index (κ3) is 3.96. The summed E-state index contributed by atoms with van der Waals surface area (Å²) in [4.78, 5) is 16.1. The fourth-order valence-electron chi connectivity index (χ4n) is 2.64. The summed E-state index contributed by atoms with van der Waals surface area (Å²) in [5.74, 6) is 0. The van der Waals surface area contributed by atoms with Crippen LogP contribution in [-0.2, 0) is 12.6 Å². The third-order valence-corrected chi connectivity index (χ3v) is 5.04. The minimum atomic E-state index is -4.44. The Labute approximate surface area is 161 Å². The Hall–Kier alpha value is -2.45. The van der Waals surface area contributed by atoms with E-state index in [0.717, 1.165) is 27.5 Å². The van der Waals surface area contributed by atoms with E-state index in [1.54, 1.807) is 18.8 Å². The van der Waals surface area contributed by atoms with E-state index >= 15 is 0 Å². The molecule has 0 bridgehead atoms. The van der Waals surface area contributed by atoms with Crippen molar-refractivity contribution in [2.24, 2.45) is 0 Å². The largest absolute Gasteiger partial charge is 0.433 e. The van der Waals surface area contributed by atoms with E-state index in [-0.39, 0.29) is 0 Å². The molecule has 4 aromatic rings. The van der Waals surface area contributed by atoms with Crippen molar-refractivity contribution >= 4 is 34.0 Å². The number of H-pyrrole nitrogens is 1. The lowest BCUT2D eigenvalue weighted by Crippen LogP contribution is -2.07. The number of alkyl halides is 3. The van der Waals surface area contributed by atoms with Crippen molar-refractivity contribution in [1.82, 2.24) is 19.9 Å². The molecule has 0 unspecified atom stereocenters. The maximum atomic E-state index is 12.6. The highest BCUT2D eigenvalue weighted by molar-refractivity contribution is 7.11. The zero-order valence-electron chi connectivity index (χ0n) is 13.6. The molecule has 0 saturated heterocycles. The molecule has 0 aliphatic rings. The standard InChI is InChI=1S/C18H11ClF3N4S/c19-12-5-14-11(7-25-17(14)26-8-12)4-13-9-24-16(27-13)3-10-1-2-15(23-6-10)18(20,21)22/h1-3,5-9H,4H2,(H,25,26). The average Bonchev–Trinajstić information content (AvgIpc) is 3.22. The second-order valence-corrected chi connectivity index (χ2v) is 7.41. The Morgan fingerprint density at radius 1 is 1.11 bits per heavy atom. The van der Waals surface area contributed by atoms with Gasteiger partial charge in [0.2, 0.25) is 0 Å². The maximum Gasteiger partial charge on any atom is 0.433 e. The molecule has 0 aliphatic carbocycles. The van der Waals surface area contributed by atoms with Crippen molar-refractivity contribution in [3.8, 4) is 0 Å². The summed E-state index contributed by atoms with van der Waals surface area (Å²) in [6.45, 7) is 0. The van der Waals surface area contributed by atoms with Crippen LogP contribution < -0.4 is 0 Å². The van der Waals surface area contributed by atoms with Crippen molar-refractivity contribution < 1.29 is 13.2 Å². The van der Waals surface area contributed by atoms with Crippen LogP contribution in [-0.4, -0.2) is 19.9 Å². The first-order valence-corrected chi connectivity index (χ1v) is 9.02. The summed E-state index contributed by atoms with van der Waals surface area (Å²) in [7, 11) is 0. The highest BCUT2D eigenvalue weighted by atomic mass is 35.5. The molecule has 4 heterocycles. The van der Waals surface area contributed by atoms with Crippen molar-refractivity contribution in [2.75, 3.05) is 0 Å². The Morgan fingerprint density at radius 2 is 1.96 bits per heavy atom. The van der Waals surface area contributed by atoms with Gasteiger partial charge in [0, 0.05) is 41.5 Å². The number of aromatic amines is 1. The quantitative estimate of drug-likeness (QED) is 0.501. The van der Waals surface area contributed by atoms with Gasteiger partial charge in [0.05, 0.1) is 11.4 Å². The summed E-state index contributed by atoms with van der Waals surface area (Å²) in [5.41, 5.74) is 1.46. The fraction of sp³-hybridized carbons (Fsp3) is 0.111. The topological polar surface area (TPSA) is 54.5 Å². The number of aromatic nitrogens is 4. The lowest BCUT2D eigenvalue weighted by molar-refractivity contribution is -0.141. The number of hydrogen-bond acceptors (Lipinski definition) is 4. The molecule has 4 rings (SSSR count). The number of hydrogen-bond donors (Lipinski definition) is 1. The summed E-state index contributed by atoms with van der Waals surface area (Å²) in [5, 5.41) is 2.22. The molecular formula is C18H11ClF3N4S. The normalized spacial score (nSPS) is 12.0. The van der Waals surface area contributed by atoms with Crippen molar-refractivity contribution in [2.45, 2.75) is 12.6 Å². The molecule has 0 aliphatic heterocycles. The van der Waals surface area contributed by atoms with Gasteiger partial charge in [0.1, 0.15) is 16.3 Å². The van der Waals surface area contributed by atoms with E-state index in [9.17, 15) is 13.2 Å². The van der Waals surface area contributed by atoms with E-state index in [1.807, 2.05) is 12.3 Å². The van der Waals surface area contributed by atoms with Crippen LogP contribution in [0.2, 0.25) is 5.02 Å². The second-order valence-electron chi connectivity index (χ2n) is 5.82. The molecule has 1 radical (unpaired) electrons. The van der Waals surface area contributed by atoms with Gasteiger partial charge in [-0.3, -0.25) is 4.98 Å². The van der Waals surface area contributed by atoms with Crippen LogP contribution in [0.15, 0.2) is 43.0 Å². The monoisotopic (exact) mass is 407 g/mol. The molecule has 4 aromatic heterocycles. The first-order chi connectivity index (χ1) is 12.9. The average molecular weight is 408 g/mol. The molecule has 9 heteroatoms. The molecule has 0 saturated carbocycles. The Kier molecular flexibility index (Phi) is 4.61. The predicted molar refractivity (Wildman–Crippen MR) is 97.8 cm³/mol. The van der Waals surface area contributed by atoms with Gasteiger partial charge in [-0.1, -0.05) is 17.7 Å². The van der Waals surface area contributed by atoms with E-state index in [0.29, 0.717) is 22.0 Å². The van der Waals surface area contributed by atoms with Crippen LogP contribution in [0, 0.1) is 6.42 Å². The van der Waals surface area contributed by atoms with Crippen molar-refractivity contribution in [1.29, 1.82) is 0 Å². The molecule has 137 valence electrons. The van der Waals surface area contributed by atoms with Gasteiger partial charge in [-0.05, 0) is 23.3 Å². The van der Waals surface area contributed by atoms with Gasteiger partial charge >= 0.3 is 6.18 Å². The van der Waals surface area contributed by atoms with Crippen LogP contribution in [0.4, 0.5) is 13.2 Å². The molecule has 27 heavy (non-hydrogen) atoms. The van der Waals surface area contributed by atoms with Crippen molar-refractivity contribution in [3.05, 3.63) is 81.1 Å². The number of halogens is 4. The van der Waals surface area contributed by atoms with Gasteiger partial charge in [-0.25, -0.2) is 9.97 Å². The zero-order valence-corrected chi connectivity index (χ0v) is 15.2. The summed E-state index contributed by atoms with van der Waals surface area (Å²) in [6.07, 6.45) is 4.33. The summed E-state index contributed by atoms with van der Waals surface area (Å²) in [6, 6.07) is 4.20. The summed E-state index contributed by atoms with van der Waals surface area (Å²) < 4.78 is 37.7. The highest BCUT2D eigenvalue weighted by Gasteiger charge is 2.32. The number of thiazole rings is 1. The molecule has 0 amide bonds. The van der Waals surface area contributed by atoms with Crippen molar-refractivity contribution in [3.63, 3.8) is 0 Å². The third-order valence-electron chi connectivity index (χ3n) is 3.89. The molecule has 1 N–H and O–H groups in total. The highest BCUT2D eigenvalue weighted by Crippen LogP contribution is 2.29. The van der Waals surface area contributed by atoms with Gasteiger partial charge < -0.3 is 4.98 Å². The van der Waals surface area contributed by atoms with Crippen LogP contribution in [0.25, 0.3) is 11.0 Å². The Morgan fingerprint density at radius 3 is 2.70 bits per heavy atom. The minimum Gasteiger partial charge on any atom is -0.346 e. The molecule has 4 nitrogen and oxygen atoms in total. The van der Waals surface area contributed by atoms with Gasteiger partial charge in [-0.2, -0.15) is 13.2 Å². The van der Waals surface area contributed by atoms with E-state index in [4.69, 9.17) is 11.6 Å². The molecule has 0 spiro atoms. The number of nitrogens with zero attached hydrogens (tertiary/aromatic N) is 3. The van der Waals surface area contributed by atoms with Gasteiger partial charge in [0.25, 0.3) is 0 Å². The predicted octanol–water partition coefficient (Wildman–Crippen LogP) is 5.28. The lowest BCUT2D eigenvalue weighted by atomic mass is 10.1. The lowest BCUT2D eigenvalue weighted by Gasteiger charge is -2.05. The summed E-state index contributed by atoms with van der Waals surface area (Å²) >= 11 is 7.48. The van der Waals surface area contributed by atoms with E-state index in [1.165, 1.54) is 23.6 Å². The Balaban J connectivity index is 1.49. The van der Waals surface area contributed by atoms with Crippen LogP contribution in [0.3, 0.4) is 0 Å². The first-order valence-electron chi connectivity index (χ1n) is 7.83. The SMILES string of the molecule is FC(F)(F)c1ccc([CH]c2ncc(Cc3c[nH]c4ncc(Cl)cc34)s2)cn1. The minimum absolute atomic E-state index is 0.562. The first kappa shape index (κ1) is 17.9. The number of pyridine rings is 2. The number of rotatable bonds is 4. The molecule has 0 fully saturated rings. The zero-order chi connectivity index (χ0) is 19.0. The molecule has 0 atom stereocenters. The number of nitrogens with one attached hydrogen (secondary N) is 1. The van der Waals surface area contributed by atoms with E-state index in [2.05, 4.69) is 19.9 Å².